The number of nitrogens with zero attached hydrogens (tertiary/aromatic N) is 4. The van der Waals surface area contributed by atoms with E-state index in [1.54, 1.807) is 3.97 Å². The van der Waals surface area contributed by atoms with E-state index in [0.717, 1.165) is 40.7 Å². The molecule has 0 bridgehead atoms. The molecule has 124 valence electrons. The van der Waals surface area contributed by atoms with Crippen LogP contribution in [0.4, 0.5) is 0 Å². The van der Waals surface area contributed by atoms with Crippen molar-refractivity contribution in [1.29, 1.82) is 0 Å². The van der Waals surface area contributed by atoms with Crippen LogP contribution in [-0.2, 0) is 11.8 Å². The SMILES string of the molecule is Cc1c(-c2cn(S)c3ncc(C4CCC(=O)CC4)cc23)cnn1C. The second kappa shape index (κ2) is 5.77. The number of aromatic nitrogens is 4. The Balaban J connectivity index is 1.82. The van der Waals surface area contributed by atoms with Gasteiger partial charge in [0.1, 0.15) is 11.4 Å². The summed E-state index contributed by atoms with van der Waals surface area (Å²) in [6.07, 6.45) is 9.05. The van der Waals surface area contributed by atoms with Gasteiger partial charge in [-0.05, 0) is 37.3 Å². The summed E-state index contributed by atoms with van der Waals surface area (Å²) in [7, 11) is 1.95. The summed E-state index contributed by atoms with van der Waals surface area (Å²) in [5, 5.41) is 5.45. The third-order valence-corrected chi connectivity index (χ3v) is 5.49. The molecule has 24 heavy (non-hydrogen) atoms. The monoisotopic (exact) mass is 340 g/mol. The smallest absolute Gasteiger partial charge is 0.150 e. The molecule has 1 aliphatic carbocycles. The lowest BCUT2D eigenvalue weighted by Crippen LogP contribution is -2.12. The Hall–Kier alpha value is -2.08. The van der Waals surface area contributed by atoms with Crippen molar-refractivity contribution >= 4 is 29.6 Å². The van der Waals surface area contributed by atoms with E-state index >= 15 is 0 Å². The van der Waals surface area contributed by atoms with Crippen LogP contribution in [-0.4, -0.2) is 24.5 Å². The lowest BCUT2D eigenvalue weighted by molar-refractivity contribution is -0.120. The molecule has 0 unspecified atom stereocenters. The van der Waals surface area contributed by atoms with Crippen LogP contribution >= 0.6 is 12.8 Å². The zero-order chi connectivity index (χ0) is 16.8. The molecule has 0 spiro atoms. The highest BCUT2D eigenvalue weighted by Crippen LogP contribution is 2.36. The Morgan fingerprint density at radius 1 is 1.21 bits per heavy atom. The standard InChI is InChI=1S/C18H20N4OS/c1-11-16(9-20-21(11)2)17-10-22(24)18-15(17)7-13(8-19-18)12-3-5-14(23)6-4-12/h7-10,12,24H,3-6H2,1-2H3. The minimum atomic E-state index is 0.383. The van der Waals surface area contributed by atoms with E-state index in [0.29, 0.717) is 24.5 Å². The van der Waals surface area contributed by atoms with Gasteiger partial charge in [0.25, 0.3) is 0 Å². The van der Waals surface area contributed by atoms with Crippen molar-refractivity contribution in [1.82, 2.24) is 18.7 Å². The maximum atomic E-state index is 11.5. The lowest BCUT2D eigenvalue weighted by Gasteiger charge is -2.21. The summed E-state index contributed by atoms with van der Waals surface area (Å²) < 4.78 is 3.65. The quantitative estimate of drug-likeness (QED) is 0.724. The largest absolute Gasteiger partial charge is 0.300 e. The fraction of sp³-hybridized carbons (Fsp3) is 0.389. The first kappa shape index (κ1) is 15.4. The summed E-state index contributed by atoms with van der Waals surface area (Å²) in [6, 6.07) is 2.22. The predicted octanol–water partition coefficient (Wildman–Crippen LogP) is 3.66. The number of rotatable bonds is 2. The number of hydrogen-bond donors (Lipinski definition) is 1. The van der Waals surface area contributed by atoms with Gasteiger partial charge in [0.2, 0.25) is 0 Å². The van der Waals surface area contributed by atoms with E-state index in [2.05, 4.69) is 35.9 Å². The molecule has 3 heterocycles. The number of Topliss-reactive ketones (excluding diaryl/α,β-unsaturated/α-hetero) is 1. The van der Waals surface area contributed by atoms with Gasteiger partial charge in [0.05, 0.1) is 6.20 Å². The van der Waals surface area contributed by atoms with Crippen molar-refractivity contribution < 1.29 is 4.79 Å². The Kier molecular flexibility index (Phi) is 3.72. The number of aryl methyl sites for hydroxylation is 1. The first-order chi connectivity index (χ1) is 11.5. The number of hydrogen-bond acceptors (Lipinski definition) is 4. The number of carbonyl (C=O) groups is 1. The first-order valence-corrected chi connectivity index (χ1v) is 8.65. The Morgan fingerprint density at radius 3 is 2.62 bits per heavy atom. The third kappa shape index (κ3) is 2.45. The van der Waals surface area contributed by atoms with Crippen LogP contribution < -0.4 is 0 Å². The number of carbonyl (C=O) groups excluding carboxylic acids is 1. The maximum absolute atomic E-state index is 11.5. The molecule has 1 fully saturated rings. The van der Waals surface area contributed by atoms with Gasteiger partial charge in [-0.2, -0.15) is 5.10 Å². The molecule has 0 aliphatic heterocycles. The summed E-state index contributed by atoms with van der Waals surface area (Å²) in [4.78, 5) is 16.1. The van der Waals surface area contributed by atoms with Crippen molar-refractivity contribution in [2.75, 3.05) is 0 Å². The van der Waals surface area contributed by atoms with Gasteiger partial charge in [-0.25, -0.2) is 4.98 Å². The van der Waals surface area contributed by atoms with Crippen LogP contribution in [0.25, 0.3) is 22.2 Å². The minimum Gasteiger partial charge on any atom is -0.300 e. The van der Waals surface area contributed by atoms with Crippen molar-refractivity contribution in [2.45, 2.75) is 38.5 Å². The average molecular weight is 340 g/mol. The van der Waals surface area contributed by atoms with Crippen LogP contribution in [0, 0.1) is 6.92 Å². The fourth-order valence-electron chi connectivity index (χ4n) is 3.58. The zero-order valence-corrected chi connectivity index (χ0v) is 14.8. The molecule has 6 heteroatoms. The summed E-state index contributed by atoms with van der Waals surface area (Å²) in [5.41, 5.74) is 5.40. The van der Waals surface area contributed by atoms with E-state index in [1.807, 2.05) is 30.3 Å². The van der Waals surface area contributed by atoms with Crippen LogP contribution in [0.5, 0.6) is 0 Å². The highest BCUT2D eigenvalue weighted by atomic mass is 32.1. The van der Waals surface area contributed by atoms with E-state index in [1.165, 1.54) is 5.56 Å². The van der Waals surface area contributed by atoms with Crippen molar-refractivity contribution in [2.24, 2.45) is 7.05 Å². The Morgan fingerprint density at radius 2 is 1.96 bits per heavy atom. The minimum absolute atomic E-state index is 0.383. The van der Waals surface area contributed by atoms with Gasteiger partial charge in [-0.1, -0.05) is 12.8 Å². The molecule has 0 saturated heterocycles. The summed E-state index contributed by atoms with van der Waals surface area (Å²) in [6.45, 7) is 2.06. The van der Waals surface area contributed by atoms with Crippen molar-refractivity contribution in [3.63, 3.8) is 0 Å². The molecule has 0 radical (unpaired) electrons. The van der Waals surface area contributed by atoms with Gasteiger partial charge in [-0.15, -0.1) is 0 Å². The van der Waals surface area contributed by atoms with Crippen LogP contribution in [0.15, 0.2) is 24.7 Å². The number of thiol groups is 1. The third-order valence-electron chi connectivity index (χ3n) is 5.19. The maximum Gasteiger partial charge on any atom is 0.150 e. The van der Waals surface area contributed by atoms with Crippen molar-refractivity contribution in [3.05, 3.63) is 35.9 Å². The second-order valence-corrected chi connectivity index (χ2v) is 7.04. The fourth-order valence-corrected chi connectivity index (χ4v) is 3.86. The molecule has 3 aromatic heterocycles. The summed E-state index contributed by atoms with van der Waals surface area (Å²) >= 11 is 4.52. The molecule has 4 rings (SSSR count). The highest BCUT2D eigenvalue weighted by Gasteiger charge is 2.22. The number of fused-ring (bicyclic) bond motifs is 1. The summed E-state index contributed by atoms with van der Waals surface area (Å²) in [5.74, 6) is 0.805. The molecule has 1 saturated carbocycles. The molecule has 0 aromatic carbocycles. The highest BCUT2D eigenvalue weighted by molar-refractivity contribution is 7.78. The number of ketones is 1. The second-order valence-electron chi connectivity index (χ2n) is 6.61. The normalized spacial score (nSPS) is 16.2. The van der Waals surface area contributed by atoms with E-state index in [9.17, 15) is 4.79 Å². The van der Waals surface area contributed by atoms with Gasteiger partial charge < -0.3 is 0 Å². The van der Waals surface area contributed by atoms with Gasteiger partial charge >= 0.3 is 0 Å². The first-order valence-electron chi connectivity index (χ1n) is 8.25. The molecule has 3 aromatic rings. The zero-order valence-electron chi connectivity index (χ0n) is 13.9. The Bertz CT molecular complexity index is 930. The molecule has 0 amide bonds. The number of pyridine rings is 1. The average Bonchev–Trinajstić information content (AvgIpc) is 3.08. The molecule has 5 nitrogen and oxygen atoms in total. The topological polar surface area (TPSA) is 52.7 Å². The Labute approximate surface area is 146 Å². The van der Waals surface area contributed by atoms with Gasteiger partial charge in [-0.3, -0.25) is 13.4 Å². The van der Waals surface area contributed by atoms with E-state index in [-0.39, 0.29) is 0 Å². The van der Waals surface area contributed by atoms with Crippen LogP contribution in [0.2, 0.25) is 0 Å². The molecular weight excluding hydrogens is 320 g/mol. The van der Waals surface area contributed by atoms with E-state index in [4.69, 9.17) is 0 Å². The van der Waals surface area contributed by atoms with Gasteiger partial charge in [0.15, 0.2) is 0 Å². The molecule has 1 aliphatic rings. The van der Waals surface area contributed by atoms with Gasteiger partial charge in [0, 0.05) is 54.5 Å². The molecular formula is C18H20N4OS. The van der Waals surface area contributed by atoms with E-state index < -0.39 is 0 Å². The van der Waals surface area contributed by atoms with Crippen LogP contribution in [0.1, 0.15) is 42.9 Å². The van der Waals surface area contributed by atoms with Crippen molar-refractivity contribution in [3.8, 4) is 11.1 Å². The molecule has 0 N–H and O–H groups in total. The lowest BCUT2D eigenvalue weighted by atomic mass is 9.84. The van der Waals surface area contributed by atoms with Crippen LogP contribution in [0.3, 0.4) is 0 Å². The molecule has 0 atom stereocenters. The predicted molar refractivity (Wildman–Crippen MR) is 97.3 cm³/mol.